The molecular weight excluding hydrogens is 320 g/mol. The predicted molar refractivity (Wildman–Crippen MR) is 96.3 cm³/mol. The first-order chi connectivity index (χ1) is 11.4. The van der Waals surface area contributed by atoms with Gasteiger partial charge in [0.1, 0.15) is 5.69 Å². The second kappa shape index (κ2) is 6.67. The third-order valence-electron chi connectivity index (χ3n) is 4.24. The number of fused-ring (bicyclic) bond motifs is 1. The van der Waals surface area contributed by atoms with Gasteiger partial charge in [0.15, 0.2) is 0 Å². The minimum atomic E-state index is 0.0437. The Morgan fingerprint density at radius 3 is 2.92 bits per heavy atom. The van der Waals surface area contributed by atoms with Crippen molar-refractivity contribution in [3.8, 4) is 0 Å². The normalized spacial score (nSPS) is 14.8. The SMILES string of the molecule is CCCc1nc(C(=O)N2CCc3[nH]nc(CC(C)(C)C)c3C2)cs1. The molecule has 130 valence electrons. The van der Waals surface area contributed by atoms with Gasteiger partial charge in [-0.1, -0.05) is 27.7 Å². The molecule has 0 bridgehead atoms. The lowest BCUT2D eigenvalue weighted by atomic mass is 9.88. The summed E-state index contributed by atoms with van der Waals surface area (Å²) in [6, 6.07) is 0. The summed E-state index contributed by atoms with van der Waals surface area (Å²) in [5.41, 5.74) is 4.25. The van der Waals surface area contributed by atoms with Crippen LogP contribution in [0, 0.1) is 5.41 Å². The first-order valence-electron chi connectivity index (χ1n) is 8.66. The number of aryl methyl sites for hydroxylation is 1. The second-order valence-corrected chi connectivity index (χ2v) is 8.66. The molecule has 0 aliphatic carbocycles. The summed E-state index contributed by atoms with van der Waals surface area (Å²) >= 11 is 1.59. The molecule has 1 amide bonds. The van der Waals surface area contributed by atoms with Gasteiger partial charge in [0.2, 0.25) is 0 Å². The maximum Gasteiger partial charge on any atom is 0.273 e. The van der Waals surface area contributed by atoms with E-state index in [2.05, 4.69) is 42.9 Å². The van der Waals surface area contributed by atoms with Gasteiger partial charge in [-0.05, 0) is 24.7 Å². The second-order valence-electron chi connectivity index (χ2n) is 7.72. The van der Waals surface area contributed by atoms with Crippen LogP contribution in [0.2, 0.25) is 0 Å². The highest BCUT2D eigenvalue weighted by molar-refractivity contribution is 7.09. The van der Waals surface area contributed by atoms with Gasteiger partial charge in [-0.3, -0.25) is 9.89 Å². The van der Waals surface area contributed by atoms with E-state index in [1.807, 2.05) is 10.3 Å². The van der Waals surface area contributed by atoms with Crippen molar-refractivity contribution >= 4 is 17.2 Å². The number of nitrogens with one attached hydrogen (secondary N) is 1. The minimum absolute atomic E-state index is 0.0437. The van der Waals surface area contributed by atoms with Crippen molar-refractivity contribution in [2.45, 2.75) is 59.9 Å². The van der Waals surface area contributed by atoms with Gasteiger partial charge in [-0.15, -0.1) is 11.3 Å². The maximum absolute atomic E-state index is 12.8. The van der Waals surface area contributed by atoms with Gasteiger partial charge in [-0.25, -0.2) is 4.98 Å². The van der Waals surface area contributed by atoms with Gasteiger partial charge in [-0.2, -0.15) is 5.10 Å². The van der Waals surface area contributed by atoms with Crippen LogP contribution in [0.15, 0.2) is 5.38 Å². The molecule has 0 aromatic carbocycles. The highest BCUT2D eigenvalue weighted by atomic mass is 32.1. The molecule has 1 aliphatic rings. The van der Waals surface area contributed by atoms with E-state index in [9.17, 15) is 4.79 Å². The van der Waals surface area contributed by atoms with Gasteiger partial charge in [0, 0.05) is 36.1 Å². The summed E-state index contributed by atoms with van der Waals surface area (Å²) in [5, 5.41) is 10.6. The molecule has 0 unspecified atom stereocenters. The van der Waals surface area contributed by atoms with Gasteiger partial charge in [0.25, 0.3) is 5.91 Å². The predicted octanol–water partition coefficient (Wildman–Crippen LogP) is 3.61. The fraction of sp³-hybridized carbons (Fsp3) is 0.611. The average Bonchev–Trinajstić information content (AvgIpc) is 3.13. The van der Waals surface area contributed by atoms with Crippen LogP contribution in [-0.2, 0) is 25.8 Å². The van der Waals surface area contributed by atoms with E-state index in [1.54, 1.807) is 11.3 Å². The van der Waals surface area contributed by atoms with E-state index >= 15 is 0 Å². The molecule has 5 nitrogen and oxygen atoms in total. The highest BCUT2D eigenvalue weighted by Gasteiger charge is 2.28. The van der Waals surface area contributed by atoms with E-state index in [0.29, 0.717) is 12.2 Å². The smallest absolute Gasteiger partial charge is 0.273 e. The molecule has 3 rings (SSSR count). The molecule has 6 heteroatoms. The summed E-state index contributed by atoms with van der Waals surface area (Å²) in [6.07, 6.45) is 3.75. The Bertz CT molecular complexity index is 726. The monoisotopic (exact) mass is 346 g/mol. The van der Waals surface area contributed by atoms with Crippen molar-refractivity contribution in [1.29, 1.82) is 0 Å². The number of hydrogen-bond donors (Lipinski definition) is 1. The van der Waals surface area contributed by atoms with E-state index in [4.69, 9.17) is 0 Å². The Morgan fingerprint density at radius 1 is 1.42 bits per heavy atom. The molecule has 2 aromatic rings. The quantitative estimate of drug-likeness (QED) is 0.920. The molecule has 2 aromatic heterocycles. The molecule has 1 aliphatic heterocycles. The molecule has 0 saturated carbocycles. The first-order valence-corrected chi connectivity index (χ1v) is 9.54. The average molecular weight is 347 g/mol. The molecular formula is C18H26N4OS. The molecule has 24 heavy (non-hydrogen) atoms. The fourth-order valence-corrected chi connectivity index (χ4v) is 3.95. The van der Waals surface area contributed by atoms with E-state index in [0.717, 1.165) is 42.9 Å². The highest BCUT2D eigenvalue weighted by Crippen LogP contribution is 2.27. The van der Waals surface area contributed by atoms with Crippen LogP contribution >= 0.6 is 11.3 Å². The third kappa shape index (κ3) is 3.69. The number of carbonyl (C=O) groups excluding carboxylic acids is 1. The lowest BCUT2D eigenvalue weighted by Crippen LogP contribution is -2.36. The third-order valence-corrected chi connectivity index (χ3v) is 5.15. The Morgan fingerprint density at radius 2 is 2.21 bits per heavy atom. The molecule has 0 spiro atoms. The number of amides is 1. The largest absolute Gasteiger partial charge is 0.332 e. The zero-order valence-corrected chi connectivity index (χ0v) is 15.8. The number of carbonyl (C=O) groups is 1. The van der Waals surface area contributed by atoms with Crippen molar-refractivity contribution in [2.24, 2.45) is 5.41 Å². The van der Waals surface area contributed by atoms with Crippen LogP contribution < -0.4 is 0 Å². The number of rotatable bonds is 4. The van der Waals surface area contributed by atoms with Crippen molar-refractivity contribution < 1.29 is 4.79 Å². The topological polar surface area (TPSA) is 61.9 Å². The maximum atomic E-state index is 12.8. The van der Waals surface area contributed by atoms with E-state index in [-0.39, 0.29) is 11.3 Å². The van der Waals surface area contributed by atoms with Crippen molar-refractivity contribution in [3.05, 3.63) is 33.0 Å². The first kappa shape index (κ1) is 17.1. The number of aromatic nitrogens is 3. The lowest BCUT2D eigenvalue weighted by molar-refractivity contribution is 0.0728. The van der Waals surface area contributed by atoms with Crippen LogP contribution in [-0.4, -0.2) is 32.5 Å². The minimum Gasteiger partial charge on any atom is -0.332 e. The number of nitrogens with zero attached hydrogens (tertiary/aromatic N) is 3. The van der Waals surface area contributed by atoms with Crippen LogP contribution in [0.25, 0.3) is 0 Å². The van der Waals surface area contributed by atoms with Crippen LogP contribution in [0.1, 0.15) is 66.6 Å². The summed E-state index contributed by atoms with van der Waals surface area (Å²) in [4.78, 5) is 19.2. The molecule has 0 atom stereocenters. The molecule has 0 fully saturated rings. The summed E-state index contributed by atoms with van der Waals surface area (Å²) in [6.45, 7) is 10.1. The van der Waals surface area contributed by atoms with Crippen molar-refractivity contribution in [3.63, 3.8) is 0 Å². The fourth-order valence-electron chi connectivity index (χ4n) is 3.08. The summed E-state index contributed by atoms with van der Waals surface area (Å²) in [7, 11) is 0. The Balaban J connectivity index is 1.76. The van der Waals surface area contributed by atoms with Crippen molar-refractivity contribution in [2.75, 3.05) is 6.54 Å². The zero-order valence-electron chi connectivity index (χ0n) is 15.0. The van der Waals surface area contributed by atoms with Crippen LogP contribution in [0.4, 0.5) is 0 Å². The summed E-state index contributed by atoms with van der Waals surface area (Å²) < 4.78 is 0. The molecule has 1 N–H and O–H groups in total. The van der Waals surface area contributed by atoms with Gasteiger partial charge in [0.05, 0.1) is 10.7 Å². The number of aromatic amines is 1. The molecule has 0 radical (unpaired) electrons. The van der Waals surface area contributed by atoms with Crippen molar-refractivity contribution in [1.82, 2.24) is 20.1 Å². The molecule has 3 heterocycles. The number of thiazole rings is 1. The van der Waals surface area contributed by atoms with E-state index < -0.39 is 0 Å². The number of H-pyrrole nitrogens is 1. The number of hydrogen-bond acceptors (Lipinski definition) is 4. The van der Waals surface area contributed by atoms with Crippen LogP contribution in [0.5, 0.6) is 0 Å². The van der Waals surface area contributed by atoms with Gasteiger partial charge >= 0.3 is 0 Å². The Kier molecular flexibility index (Phi) is 4.76. The van der Waals surface area contributed by atoms with Crippen LogP contribution in [0.3, 0.4) is 0 Å². The Labute approximate surface area is 147 Å². The zero-order chi connectivity index (χ0) is 17.3. The molecule has 0 saturated heterocycles. The standard InChI is InChI=1S/C18H26N4OS/c1-5-6-16-19-15(11-24-16)17(23)22-8-7-13-12(10-22)14(21-20-13)9-18(2,3)4/h11H,5-10H2,1-4H3,(H,20,21). The summed E-state index contributed by atoms with van der Waals surface area (Å²) in [5.74, 6) is 0.0437. The lowest BCUT2D eigenvalue weighted by Gasteiger charge is -2.27. The van der Waals surface area contributed by atoms with Gasteiger partial charge < -0.3 is 4.90 Å². The van der Waals surface area contributed by atoms with E-state index in [1.165, 1.54) is 11.3 Å². The Hall–Kier alpha value is -1.69.